The van der Waals surface area contributed by atoms with E-state index in [2.05, 4.69) is 25.9 Å². The first-order valence-corrected chi connectivity index (χ1v) is 9.17. The third-order valence-corrected chi connectivity index (χ3v) is 5.08. The molecule has 23 heavy (non-hydrogen) atoms. The summed E-state index contributed by atoms with van der Waals surface area (Å²) in [7, 11) is 4.26. The molecule has 1 aliphatic carbocycles. The topological polar surface area (TPSA) is 23.6 Å². The summed E-state index contributed by atoms with van der Waals surface area (Å²) in [5, 5.41) is 0. The second-order valence-corrected chi connectivity index (χ2v) is 7.29. The Morgan fingerprint density at radius 1 is 1.17 bits per heavy atom. The normalized spacial score (nSPS) is 25.2. The Morgan fingerprint density at radius 3 is 2.48 bits per heavy atom. The Kier molecular flexibility index (Phi) is 6.91. The van der Waals surface area contributed by atoms with Gasteiger partial charge in [-0.2, -0.15) is 0 Å². The van der Waals surface area contributed by atoms with Crippen molar-refractivity contribution in [2.75, 3.05) is 24.9 Å². The van der Waals surface area contributed by atoms with E-state index in [0.29, 0.717) is 24.3 Å². The zero-order valence-corrected chi connectivity index (χ0v) is 15.3. The molecule has 0 N–H and O–H groups in total. The zero-order valence-electron chi connectivity index (χ0n) is 14.5. The molecule has 1 saturated carbocycles. The summed E-state index contributed by atoms with van der Waals surface area (Å²) in [6, 6.07) is 10.7. The van der Waals surface area contributed by atoms with Gasteiger partial charge in [-0.15, -0.1) is 11.6 Å². The Balaban J connectivity index is 2.36. The number of carbonyl (C=O) groups is 1. The smallest absolute Gasteiger partial charge is 0.228 e. The fourth-order valence-electron chi connectivity index (χ4n) is 3.72. The number of carbonyl (C=O) groups excluding carboxylic acids is 1. The number of anilines is 1. The first-order chi connectivity index (χ1) is 11.0. The molecule has 1 fully saturated rings. The number of hydrogen-bond acceptors (Lipinski definition) is 2. The maximum absolute atomic E-state index is 12.8. The minimum Gasteiger partial charge on any atom is -0.308 e. The van der Waals surface area contributed by atoms with Crippen LogP contribution >= 0.6 is 11.6 Å². The maximum Gasteiger partial charge on any atom is 0.228 e. The molecule has 1 aromatic rings. The first-order valence-electron chi connectivity index (χ1n) is 8.64. The Hall–Kier alpha value is -1.06. The van der Waals surface area contributed by atoms with Gasteiger partial charge in [-0.25, -0.2) is 0 Å². The molecular weight excluding hydrogens is 308 g/mol. The Morgan fingerprint density at radius 2 is 1.87 bits per heavy atom. The molecule has 1 aliphatic rings. The van der Waals surface area contributed by atoms with E-state index in [1.165, 1.54) is 12.8 Å². The lowest BCUT2D eigenvalue weighted by Crippen LogP contribution is -2.52. The molecule has 3 unspecified atom stereocenters. The summed E-state index contributed by atoms with van der Waals surface area (Å²) in [6.07, 6.45) is 4.99. The van der Waals surface area contributed by atoms with Gasteiger partial charge in [0.05, 0.1) is 6.04 Å². The van der Waals surface area contributed by atoms with Gasteiger partial charge in [0.2, 0.25) is 5.91 Å². The molecular formula is C19H29ClN2O. The van der Waals surface area contributed by atoms with Crippen molar-refractivity contribution < 1.29 is 4.79 Å². The highest BCUT2D eigenvalue weighted by molar-refractivity contribution is 6.19. The van der Waals surface area contributed by atoms with Gasteiger partial charge in [0.15, 0.2) is 0 Å². The number of benzene rings is 1. The highest BCUT2D eigenvalue weighted by atomic mass is 35.5. The van der Waals surface area contributed by atoms with E-state index in [9.17, 15) is 4.79 Å². The molecule has 0 aromatic heterocycles. The van der Waals surface area contributed by atoms with Gasteiger partial charge in [-0.05, 0) is 45.0 Å². The van der Waals surface area contributed by atoms with Gasteiger partial charge in [0.1, 0.15) is 0 Å². The summed E-state index contributed by atoms with van der Waals surface area (Å²) >= 11 is 5.86. The highest BCUT2D eigenvalue weighted by Crippen LogP contribution is 2.32. The highest BCUT2D eigenvalue weighted by Gasteiger charge is 2.35. The van der Waals surface area contributed by atoms with Crippen LogP contribution in [0.4, 0.5) is 5.69 Å². The summed E-state index contributed by atoms with van der Waals surface area (Å²) in [4.78, 5) is 17.1. The molecule has 128 valence electrons. The summed E-state index contributed by atoms with van der Waals surface area (Å²) in [6.45, 7) is 2.33. The number of para-hydroxylation sites is 1. The van der Waals surface area contributed by atoms with Crippen LogP contribution in [0.15, 0.2) is 30.3 Å². The van der Waals surface area contributed by atoms with Gasteiger partial charge in [0.25, 0.3) is 0 Å². The number of alkyl halides is 1. The molecule has 4 heteroatoms. The van der Waals surface area contributed by atoms with Gasteiger partial charge in [0, 0.05) is 24.0 Å². The Labute approximate surface area is 145 Å². The number of nitrogens with zero attached hydrogens (tertiary/aromatic N) is 2. The average Bonchev–Trinajstić information content (AvgIpc) is 2.71. The van der Waals surface area contributed by atoms with Crippen LogP contribution in [0, 0.1) is 5.92 Å². The lowest BCUT2D eigenvalue weighted by molar-refractivity contribution is -0.119. The molecule has 2 rings (SSSR count). The van der Waals surface area contributed by atoms with E-state index < -0.39 is 0 Å². The molecule has 0 radical (unpaired) electrons. The van der Waals surface area contributed by atoms with E-state index in [4.69, 9.17) is 11.6 Å². The first kappa shape index (κ1) is 18.3. The van der Waals surface area contributed by atoms with E-state index in [1.807, 2.05) is 35.2 Å². The zero-order chi connectivity index (χ0) is 16.8. The van der Waals surface area contributed by atoms with Crippen LogP contribution in [0.5, 0.6) is 0 Å². The fraction of sp³-hybridized carbons (Fsp3) is 0.632. The second kappa shape index (κ2) is 8.70. The van der Waals surface area contributed by atoms with Crippen LogP contribution in [0.3, 0.4) is 0 Å². The molecule has 0 spiro atoms. The van der Waals surface area contributed by atoms with Gasteiger partial charge < -0.3 is 9.80 Å². The van der Waals surface area contributed by atoms with Crippen molar-refractivity contribution in [1.82, 2.24) is 4.90 Å². The lowest BCUT2D eigenvalue weighted by Gasteiger charge is -2.40. The number of amides is 1. The van der Waals surface area contributed by atoms with Gasteiger partial charge >= 0.3 is 0 Å². The van der Waals surface area contributed by atoms with E-state index in [0.717, 1.165) is 18.5 Å². The van der Waals surface area contributed by atoms with Crippen molar-refractivity contribution in [3.63, 3.8) is 0 Å². The van der Waals surface area contributed by atoms with Crippen molar-refractivity contribution in [1.29, 1.82) is 0 Å². The van der Waals surface area contributed by atoms with Crippen LogP contribution in [-0.2, 0) is 4.79 Å². The third kappa shape index (κ3) is 4.71. The largest absolute Gasteiger partial charge is 0.308 e. The molecule has 1 amide bonds. The molecule has 1 aromatic carbocycles. The van der Waals surface area contributed by atoms with E-state index in [1.54, 1.807) is 0 Å². The Bertz CT molecular complexity index is 491. The van der Waals surface area contributed by atoms with Crippen molar-refractivity contribution in [2.24, 2.45) is 5.92 Å². The summed E-state index contributed by atoms with van der Waals surface area (Å²) in [5.41, 5.74) is 0.994. The van der Waals surface area contributed by atoms with Crippen molar-refractivity contribution in [3.8, 4) is 0 Å². The van der Waals surface area contributed by atoms with E-state index >= 15 is 0 Å². The quantitative estimate of drug-likeness (QED) is 0.595. The van der Waals surface area contributed by atoms with Crippen LogP contribution in [0.25, 0.3) is 0 Å². The van der Waals surface area contributed by atoms with Gasteiger partial charge in [-0.3, -0.25) is 4.79 Å². The standard InChI is InChI=1S/C19H29ClN2O/c1-15-8-7-11-17(18(14-15)21(2)3)22(19(23)12-13-20)16-9-5-4-6-10-16/h4-6,9-10,15,17-18H,7-8,11-14H2,1-3H3. The monoisotopic (exact) mass is 336 g/mol. The minimum atomic E-state index is 0.137. The molecule has 3 atom stereocenters. The molecule has 3 nitrogen and oxygen atoms in total. The fourth-order valence-corrected chi connectivity index (χ4v) is 3.88. The van der Waals surface area contributed by atoms with E-state index in [-0.39, 0.29) is 11.9 Å². The van der Waals surface area contributed by atoms with Gasteiger partial charge in [-0.1, -0.05) is 38.0 Å². The second-order valence-electron chi connectivity index (χ2n) is 6.91. The number of halogens is 1. The van der Waals surface area contributed by atoms with Crippen LogP contribution < -0.4 is 4.90 Å². The summed E-state index contributed by atoms with van der Waals surface area (Å²) in [5.74, 6) is 1.21. The average molecular weight is 337 g/mol. The van der Waals surface area contributed by atoms with Crippen LogP contribution in [0.1, 0.15) is 39.0 Å². The van der Waals surface area contributed by atoms with Crippen LogP contribution in [0.2, 0.25) is 0 Å². The number of likely N-dealkylation sites (N-methyl/N-ethyl adjacent to an activating group) is 1. The molecule has 0 saturated heterocycles. The van der Waals surface area contributed by atoms with Crippen LogP contribution in [-0.4, -0.2) is 42.9 Å². The SMILES string of the molecule is CC1CCCC(N(C(=O)CCCl)c2ccccc2)C(N(C)C)C1. The van der Waals surface area contributed by atoms with Crippen molar-refractivity contribution >= 4 is 23.2 Å². The third-order valence-electron chi connectivity index (χ3n) is 4.89. The number of rotatable bonds is 5. The predicted octanol–water partition coefficient (Wildman–Crippen LogP) is 4.16. The maximum atomic E-state index is 12.8. The minimum absolute atomic E-state index is 0.137. The van der Waals surface area contributed by atoms with Crippen molar-refractivity contribution in [2.45, 2.75) is 51.1 Å². The van der Waals surface area contributed by atoms with Crippen molar-refractivity contribution in [3.05, 3.63) is 30.3 Å². The molecule has 0 aliphatic heterocycles. The lowest BCUT2D eigenvalue weighted by atomic mass is 9.95. The molecule has 0 heterocycles. The number of hydrogen-bond donors (Lipinski definition) is 0. The summed E-state index contributed by atoms with van der Waals surface area (Å²) < 4.78 is 0. The predicted molar refractivity (Wildman–Crippen MR) is 98.2 cm³/mol. The molecule has 0 bridgehead atoms.